The van der Waals surface area contributed by atoms with E-state index in [1.54, 1.807) is 0 Å². The topological polar surface area (TPSA) is 3.24 Å². The zero-order chi connectivity index (χ0) is 24.7. The lowest BCUT2D eigenvalue weighted by atomic mass is 9.80. The van der Waals surface area contributed by atoms with E-state index in [-0.39, 0.29) is 0 Å². The zero-order valence-corrected chi connectivity index (χ0v) is 23.2. The van der Waals surface area contributed by atoms with Crippen LogP contribution < -0.4 is 4.90 Å². The summed E-state index contributed by atoms with van der Waals surface area (Å²) in [5.74, 6) is 0. The van der Waals surface area contributed by atoms with Gasteiger partial charge in [-0.2, -0.15) is 0 Å². The molecule has 0 unspecified atom stereocenters. The lowest BCUT2D eigenvalue weighted by Crippen LogP contribution is -2.26. The van der Waals surface area contributed by atoms with Gasteiger partial charge in [-0.05, 0) is 173 Å². The molecule has 0 radical (unpaired) electrons. The number of fused-ring (bicyclic) bond motifs is 2. The van der Waals surface area contributed by atoms with Crippen LogP contribution in [0, 0.1) is 90.0 Å². The third-order valence-electron chi connectivity index (χ3n) is 9.55. The minimum Gasteiger partial charge on any atom is -0.309 e. The van der Waals surface area contributed by atoms with E-state index in [9.17, 15) is 0 Å². The average molecular weight is 440 g/mol. The van der Waals surface area contributed by atoms with E-state index in [4.69, 9.17) is 0 Å². The molecule has 0 aliphatic carbocycles. The van der Waals surface area contributed by atoms with E-state index in [0.29, 0.717) is 0 Å². The Morgan fingerprint density at radius 2 is 0.545 bits per heavy atom. The van der Waals surface area contributed by atoms with Crippen LogP contribution in [0.2, 0.25) is 0 Å². The van der Waals surface area contributed by atoms with Crippen molar-refractivity contribution in [2.24, 2.45) is 0 Å². The summed E-state index contributed by atoms with van der Waals surface area (Å²) in [6, 6.07) is 0. The van der Waals surface area contributed by atoms with Gasteiger partial charge in [-0.3, -0.25) is 0 Å². The highest BCUT2D eigenvalue weighted by molar-refractivity contribution is 5.92. The summed E-state index contributed by atoms with van der Waals surface area (Å²) in [7, 11) is 0. The van der Waals surface area contributed by atoms with Gasteiger partial charge < -0.3 is 4.90 Å². The molecule has 0 aromatic heterocycles. The first kappa shape index (κ1) is 23.6. The maximum Gasteiger partial charge on any atom is 0.0532 e. The summed E-state index contributed by atoms with van der Waals surface area (Å²) in [6.07, 6.45) is 1.02. The summed E-state index contributed by atoms with van der Waals surface area (Å²) in [4.78, 5) is 2.67. The molecule has 0 atom stereocenters. The first-order valence-electron chi connectivity index (χ1n) is 12.4. The molecule has 174 valence electrons. The molecule has 0 fully saturated rings. The lowest BCUT2D eigenvalue weighted by molar-refractivity contribution is 0.986. The minimum atomic E-state index is 1.02. The summed E-state index contributed by atoms with van der Waals surface area (Å²) >= 11 is 0. The van der Waals surface area contributed by atoms with Crippen molar-refractivity contribution >= 4 is 17.1 Å². The smallest absolute Gasteiger partial charge is 0.0532 e. The van der Waals surface area contributed by atoms with Crippen molar-refractivity contribution in [1.29, 1.82) is 0 Å². The maximum atomic E-state index is 2.67. The van der Waals surface area contributed by atoms with Gasteiger partial charge >= 0.3 is 0 Å². The van der Waals surface area contributed by atoms with Gasteiger partial charge in [0.25, 0.3) is 0 Å². The molecule has 1 nitrogen and oxygen atoms in total. The molecule has 0 bridgehead atoms. The van der Waals surface area contributed by atoms with Gasteiger partial charge in [0.1, 0.15) is 0 Å². The van der Waals surface area contributed by atoms with E-state index in [0.717, 1.165) is 6.42 Å². The quantitative estimate of drug-likeness (QED) is 0.286. The monoisotopic (exact) mass is 439 g/mol. The van der Waals surface area contributed by atoms with Crippen LogP contribution in [0.5, 0.6) is 0 Å². The first-order valence-corrected chi connectivity index (χ1v) is 12.4. The number of hydrogen-bond acceptors (Lipinski definition) is 1. The van der Waals surface area contributed by atoms with Crippen LogP contribution in [0.3, 0.4) is 0 Å². The van der Waals surface area contributed by atoms with E-state index in [2.05, 4.69) is 94.9 Å². The highest BCUT2D eigenvalue weighted by Crippen LogP contribution is 2.53. The largest absolute Gasteiger partial charge is 0.309 e. The van der Waals surface area contributed by atoms with Crippen LogP contribution in [0.25, 0.3) is 0 Å². The predicted molar refractivity (Wildman–Crippen MR) is 146 cm³/mol. The van der Waals surface area contributed by atoms with Gasteiger partial charge in [0.2, 0.25) is 0 Å². The van der Waals surface area contributed by atoms with Crippen molar-refractivity contribution in [3.63, 3.8) is 0 Å². The number of rotatable bonds is 1. The fourth-order valence-electron chi connectivity index (χ4n) is 6.11. The molecule has 0 saturated carbocycles. The number of nitrogens with zero attached hydrogens (tertiary/aromatic N) is 1. The van der Waals surface area contributed by atoms with E-state index < -0.39 is 0 Å². The van der Waals surface area contributed by atoms with E-state index in [1.165, 1.54) is 101 Å². The van der Waals surface area contributed by atoms with Gasteiger partial charge in [0.15, 0.2) is 0 Å². The van der Waals surface area contributed by atoms with Crippen LogP contribution in [-0.2, 0) is 6.42 Å². The fourth-order valence-corrected chi connectivity index (χ4v) is 6.11. The number of benzene rings is 3. The summed E-state index contributed by atoms with van der Waals surface area (Å²) < 4.78 is 0. The Hall–Kier alpha value is -2.54. The second-order valence-corrected chi connectivity index (χ2v) is 10.6. The molecule has 0 N–H and O–H groups in total. The normalized spacial score (nSPS) is 12.8. The van der Waals surface area contributed by atoms with Crippen molar-refractivity contribution in [2.75, 3.05) is 4.90 Å². The molecule has 1 aliphatic heterocycles. The summed E-state index contributed by atoms with van der Waals surface area (Å²) in [5, 5.41) is 0. The fraction of sp³-hybridized carbons (Fsp3) is 0.438. The van der Waals surface area contributed by atoms with Gasteiger partial charge in [0, 0.05) is 6.42 Å². The molecular formula is C32H41N. The van der Waals surface area contributed by atoms with Crippen LogP contribution in [0.15, 0.2) is 0 Å². The number of hydrogen-bond donors (Lipinski definition) is 0. The molecule has 1 heterocycles. The SMILES string of the molecule is Cc1c(C)c(C)c(N2c3c(C)c(C)c(C)c(C)c3Cc3c(C)c(C)c(C)c(C)c32)c(C)c1C. The Morgan fingerprint density at radius 1 is 0.303 bits per heavy atom. The molecule has 1 heteroatoms. The molecule has 0 saturated heterocycles. The Morgan fingerprint density at radius 3 is 0.879 bits per heavy atom. The van der Waals surface area contributed by atoms with Crippen LogP contribution >= 0.6 is 0 Å². The Labute approximate surface area is 201 Å². The predicted octanol–water partition coefficient (Wildman–Crippen LogP) is 9.07. The van der Waals surface area contributed by atoms with Crippen molar-refractivity contribution in [3.8, 4) is 0 Å². The van der Waals surface area contributed by atoms with Crippen molar-refractivity contribution in [2.45, 2.75) is 96.4 Å². The molecule has 3 aromatic rings. The molecule has 0 amide bonds. The summed E-state index contributed by atoms with van der Waals surface area (Å²) in [5.41, 5.74) is 25.8. The maximum absolute atomic E-state index is 2.67. The molecule has 0 spiro atoms. The van der Waals surface area contributed by atoms with Gasteiger partial charge in [-0.15, -0.1) is 0 Å². The van der Waals surface area contributed by atoms with Gasteiger partial charge in [0.05, 0.1) is 17.1 Å². The molecule has 1 aliphatic rings. The van der Waals surface area contributed by atoms with Crippen LogP contribution in [0.4, 0.5) is 17.1 Å². The number of anilines is 3. The Balaban J connectivity index is 2.28. The second kappa shape index (κ2) is 7.76. The van der Waals surface area contributed by atoms with Crippen molar-refractivity contribution in [3.05, 3.63) is 83.5 Å². The van der Waals surface area contributed by atoms with Crippen molar-refractivity contribution in [1.82, 2.24) is 0 Å². The van der Waals surface area contributed by atoms with Crippen LogP contribution in [0.1, 0.15) is 83.5 Å². The van der Waals surface area contributed by atoms with Crippen molar-refractivity contribution < 1.29 is 0 Å². The standard InChI is InChI=1S/C32H41N/c1-15-18(4)24(10)30(25(11)19(15)5)33-31-26(12)20(6)16(2)22(8)28(31)14-29-23(9)17(3)21(7)27(13)32(29)33/h14H2,1-13H3. The summed E-state index contributed by atoms with van der Waals surface area (Å²) in [6.45, 7) is 30.0. The van der Waals surface area contributed by atoms with Gasteiger partial charge in [-0.1, -0.05) is 0 Å². The second-order valence-electron chi connectivity index (χ2n) is 10.6. The Bertz CT molecular complexity index is 1210. The lowest BCUT2D eigenvalue weighted by Gasteiger charge is -2.41. The first-order chi connectivity index (χ1) is 15.3. The van der Waals surface area contributed by atoms with Gasteiger partial charge in [-0.25, -0.2) is 0 Å². The van der Waals surface area contributed by atoms with E-state index in [1.807, 2.05) is 0 Å². The minimum absolute atomic E-state index is 1.02. The van der Waals surface area contributed by atoms with E-state index >= 15 is 0 Å². The average Bonchev–Trinajstić information content (AvgIpc) is 2.80. The highest BCUT2D eigenvalue weighted by atomic mass is 15.2. The van der Waals surface area contributed by atoms with Crippen LogP contribution in [-0.4, -0.2) is 0 Å². The molecule has 3 aromatic carbocycles. The molecular weight excluding hydrogens is 398 g/mol. The zero-order valence-electron chi connectivity index (χ0n) is 23.2. The third kappa shape index (κ3) is 3.04. The molecule has 4 rings (SSSR count). The third-order valence-corrected chi connectivity index (χ3v) is 9.55. The molecule has 33 heavy (non-hydrogen) atoms. The Kier molecular flexibility index (Phi) is 5.55. The highest BCUT2D eigenvalue weighted by Gasteiger charge is 2.34.